The molecule has 2 atom stereocenters. The Morgan fingerprint density at radius 1 is 1.56 bits per heavy atom. The predicted octanol–water partition coefficient (Wildman–Crippen LogP) is 2.44. The number of amides is 1. The molecule has 0 spiro atoms. The van der Waals surface area contributed by atoms with Crippen molar-refractivity contribution in [1.82, 2.24) is 4.90 Å². The van der Waals surface area contributed by atoms with Crippen molar-refractivity contribution in [2.24, 2.45) is 5.92 Å². The molecule has 4 nitrogen and oxygen atoms in total. The summed E-state index contributed by atoms with van der Waals surface area (Å²) in [7, 11) is 0. The van der Waals surface area contributed by atoms with Crippen molar-refractivity contribution in [2.75, 3.05) is 13.1 Å². The summed E-state index contributed by atoms with van der Waals surface area (Å²) in [6, 6.07) is 3.62. The molecule has 0 saturated carbocycles. The first-order chi connectivity index (χ1) is 8.49. The van der Waals surface area contributed by atoms with E-state index in [1.165, 1.54) is 11.3 Å². The molecule has 0 unspecified atom stereocenters. The van der Waals surface area contributed by atoms with Crippen molar-refractivity contribution in [3.05, 3.63) is 21.3 Å². The minimum atomic E-state index is -0.822. The average molecular weight is 288 g/mol. The Morgan fingerprint density at radius 2 is 2.28 bits per heavy atom. The van der Waals surface area contributed by atoms with E-state index in [0.717, 1.165) is 4.88 Å². The Hall–Kier alpha value is -1.07. The number of rotatable bonds is 3. The van der Waals surface area contributed by atoms with Gasteiger partial charge >= 0.3 is 5.97 Å². The zero-order chi connectivity index (χ0) is 13.3. The fourth-order valence-electron chi connectivity index (χ4n) is 2.12. The number of halogens is 1. The van der Waals surface area contributed by atoms with Gasteiger partial charge in [0.1, 0.15) is 0 Å². The largest absolute Gasteiger partial charge is 0.481 e. The fraction of sp³-hybridized carbons (Fsp3) is 0.500. The molecule has 2 heterocycles. The molecule has 0 radical (unpaired) electrons. The van der Waals surface area contributed by atoms with Crippen LogP contribution in [-0.4, -0.2) is 35.0 Å². The quantitative estimate of drug-likeness (QED) is 0.929. The Kier molecular flexibility index (Phi) is 3.92. The molecule has 1 aliphatic rings. The molecular weight excluding hydrogens is 274 g/mol. The summed E-state index contributed by atoms with van der Waals surface area (Å²) < 4.78 is 0.662. The van der Waals surface area contributed by atoms with Crippen LogP contribution in [-0.2, 0) is 9.59 Å². The maximum Gasteiger partial charge on any atom is 0.308 e. The van der Waals surface area contributed by atoms with Gasteiger partial charge in [0.2, 0.25) is 5.91 Å². The number of thiophene rings is 1. The van der Waals surface area contributed by atoms with E-state index < -0.39 is 11.9 Å². The van der Waals surface area contributed by atoms with Crippen molar-refractivity contribution < 1.29 is 14.7 Å². The normalized spacial score (nSPS) is 21.0. The van der Waals surface area contributed by atoms with Gasteiger partial charge in [0, 0.05) is 18.0 Å². The maximum atomic E-state index is 12.2. The van der Waals surface area contributed by atoms with Gasteiger partial charge in [-0.05, 0) is 25.5 Å². The smallest absolute Gasteiger partial charge is 0.308 e. The number of hydrogen-bond donors (Lipinski definition) is 1. The highest BCUT2D eigenvalue weighted by molar-refractivity contribution is 7.16. The Morgan fingerprint density at radius 3 is 2.78 bits per heavy atom. The fourth-order valence-corrected chi connectivity index (χ4v) is 3.22. The summed E-state index contributed by atoms with van der Waals surface area (Å²) in [5.41, 5.74) is 0. The van der Waals surface area contributed by atoms with E-state index in [1.807, 2.05) is 13.0 Å². The summed E-state index contributed by atoms with van der Waals surface area (Å²) in [6.45, 7) is 2.68. The Labute approximate surface area is 114 Å². The molecule has 6 heteroatoms. The van der Waals surface area contributed by atoms with Gasteiger partial charge in [-0.3, -0.25) is 9.59 Å². The summed E-state index contributed by atoms with van der Waals surface area (Å²) in [4.78, 5) is 25.6. The first-order valence-electron chi connectivity index (χ1n) is 5.76. The van der Waals surface area contributed by atoms with Crippen LogP contribution in [0.2, 0.25) is 4.34 Å². The SMILES string of the molecule is C[C@H](C(=O)N1CC[C@H](C(=O)O)C1)c1ccc(Cl)s1. The minimum Gasteiger partial charge on any atom is -0.481 e. The first kappa shape index (κ1) is 13.4. The van der Waals surface area contributed by atoms with E-state index in [2.05, 4.69) is 0 Å². The van der Waals surface area contributed by atoms with Crippen molar-refractivity contribution in [1.29, 1.82) is 0 Å². The van der Waals surface area contributed by atoms with Crippen molar-refractivity contribution in [3.8, 4) is 0 Å². The van der Waals surface area contributed by atoms with E-state index in [9.17, 15) is 9.59 Å². The zero-order valence-corrected chi connectivity index (χ0v) is 11.5. The highest BCUT2D eigenvalue weighted by Gasteiger charge is 2.33. The van der Waals surface area contributed by atoms with Crippen LogP contribution >= 0.6 is 22.9 Å². The van der Waals surface area contributed by atoms with Crippen LogP contribution in [0.25, 0.3) is 0 Å². The second-order valence-corrected chi connectivity index (χ2v) is 6.22. The molecule has 2 rings (SSSR count). The van der Waals surface area contributed by atoms with Gasteiger partial charge in [-0.25, -0.2) is 0 Å². The lowest BCUT2D eigenvalue weighted by Gasteiger charge is -2.19. The van der Waals surface area contributed by atoms with E-state index in [4.69, 9.17) is 16.7 Å². The monoisotopic (exact) mass is 287 g/mol. The molecule has 0 bridgehead atoms. The van der Waals surface area contributed by atoms with Gasteiger partial charge < -0.3 is 10.0 Å². The van der Waals surface area contributed by atoms with Crippen LogP contribution in [0.5, 0.6) is 0 Å². The third kappa shape index (κ3) is 2.67. The highest BCUT2D eigenvalue weighted by atomic mass is 35.5. The standard InChI is InChI=1S/C12H14ClNO3S/c1-7(9-2-3-10(13)18-9)11(15)14-5-4-8(6-14)12(16)17/h2-3,7-8H,4-6H2,1H3,(H,16,17)/t7-,8-/m0/s1. The minimum absolute atomic E-state index is 0.0164. The van der Waals surface area contributed by atoms with Gasteiger partial charge in [0.15, 0.2) is 0 Å². The second kappa shape index (κ2) is 5.28. The summed E-state index contributed by atoms with van der Waals surface area (Å²) in [5, 5.41) is 8.92. The third-order valence-electron chi connectivity index (χ3n) is 3.24. The summed E-state index contributed by atoms with van der Waals surface area (Å²) >= 11 is 7.24. The van der Waals surface area contributed by atoms with E-state index in [-0.39, 0.29) is 11.8 Å². The molecular formula is C12H14ClNO3S. The lowest BCUT2D eigenvalue weighted by atomic mass is 10.1. The van der Waals surface area contributed by atoms with Crippen LogP contribution in [0.15, 0.2) is 12.1 Å². The van der Waals surface area contributed by atoms with E-state index >= 15 is 0 Å². The van der Waals surface area contributed by atoms with Gasteiger partial charge in [-0.2, -0.15) is 0 Å². The van der Waals surface area contributed by atoms with Crippen LogP contribution in [0.4, 0.5) is 0 Å². The van der Waals surface area contributed by atoms with Crippen molar-refractivity contribution in [2.45, 2.75) is 19.3 Å². The van der Waals surface area contributed by atoms with Gasteiger partial charge in [0.05, 0.1) is 16.2 Å². The second-order valence-electron chi connectivity index (χ2n) is 4.47. The molecule has 1 amide bonds. The van der Waals surface area contributed by atoms with Crippen LogP contribution in [0.3, 0.4) is 0 Å². The maximum absolute atomic E-state index is 12.2. The predicted molar refractivity (Wildman–Crippen MR) is 70.1 cm³/mol. The first-order valence-corrected chi connectivity index (χ1v) is 6.95. The molecule has 1 aromatic heterocycles. The van der Waals surface area contributed by atoms with E-state index in [1.54, 1.807) is 11.0 Å². The molecule has 1 aromatic rings. The number of aliphatic carboxylic acids is 1. The van der Waals surface area contributed by atoms with Crippen molar-refractivity contribution >= 4 is 34.8 Å². The van der Waals surface area contributed by atoms with Crippen molar-refractivity contribution in [3.63, 3.8) is 0 Å². The Bertz CT molecular complexity index is 474. The lowest BCUT2D eigenvalue weighted by molar-refractivity contribution is -0.141. The Balaban J connectivity index is 2.02. The number of carboxylic acids is 1. The summed E-state index contributed by atoms with van der Waals surface area (Å²) in [5.74, 6) is -1.52. The van der Waals surface area contributed by atoms with E-state index in [0.29, 0.717) is 23.8 Å². The molecule has 98 valence electrons. The van der Waals surface area contributed by atoms with Gasteiger partial charge in [-0.15, -0.1) is 11.3 Å². The van der Waals surface area contributed by atoms with Crippen LogP contribution < -0.4 is 0 Å². The third-order valence-corrected chi connectivity index (χ3v) is 4.65. The zero-order valence-electron chi connectivity index (χ0n) is 9.93. The highest BCUT2D eigenvalue weighted by Crippen LogP contribution is 2.30. The van der Waals surface area contributed by atoms with Gasteiger partial charge in [-0.1, -0.05) is 11.6 Å². The number of carbonyl (C=O) groups is 2. The van der Waals surface area contributed by atoms with Crippen LogP contribution in [0, 0.1) is 5.92 Å². The number of hydrogen-bond acceptors (Lipinski definition) is 3. The molecule has 1 saturated heterocycles. The average Bonchev–Trinajstić information content (AvgIpc) is 2.95. The number of likely N-dealkylation sites (tertiary alicyclic amines) is 1. The topological polar surface area (TPSA) is 57.6 Å². The molecule has 18 heavy (non-hydrogen) atoms. The molecule has 0 aromatic carbocycles. The van der Waals surface area contributed by atoms with Crippen LogP contribution in [0.1, 0.15) is 24.1 Å². The van der Waals surface area contributed by atoms with Gasteiger partial charge in [0.25, 0.3) is 0 Å². The molecule has 1 N–H and O–H groups in total. The summed E-state index contributed by atoms with van der Waals surface area (Å²) in [6.07, 6.45) is 0.541. The molecule has 0 aliphatic carbocycles. The molecule has 1 aliphatic heterocycles. The number of carboxylic acid groups (broad SMARTS) is 1. The lowest BCUT2D eigenvalue weighted by Crippen LogP contribution is -2.32. The number of nitrogens with zero attached hydrogens (tertiary/aromatic N) is 1. The molecule has 1 fully saturated rings. The number of carbonyl (C=O) groups excluding carboxylic acids is 1.